The van der Waals surface area contributed by atoms with Crippen molar-refractivity contribution in [3.05, 3.63) is 35.4 Å². The van der Waals surface area contributed by atoms with E-state index in [0.29, 0.717) is 50.8 Å². The van der Waals surface area contributed by atoms with Gasteiger partial charge >= 0.3 is 29.5 Å². The minimum Gasteiger partial charge on any atom is -0.386 e. The van der Waals surface area contributed by atoms with Crippen molar-refractivity contribution in [3.8, 4) is 0 Å². The Hall–Kier alpha value is -0.0462. The fourth-order valence-electron chi connectivity index (χ4n) is 3.84. The van der Waals surface area contributed by atoms with E-state index in [9.17, 15) is 9.59 Å². The van der Waals surface area contributed by atoms with Crippen molar-refractivity contribution in [3.63, 3.8) is 0 Å². The quantitative estimate of drug-likeness (QED) is 0.0373. The van der Waals surface area contributed by atoms with E-state index < -0.39 is 29.5 Å². The lowest BCUT2D eigenvalue weighted by Crippen LogP contribution is -2.46. The van der Waals surface area contributed by atoms with Crippen LogP contribution in [0.2, 0.25) is 12.1 Å². The first-order chi connectivity index (χ1) is 19.9. The van der Waals surface area contributed by atoms with E-state index in [1.165, 1.54) is 0 Å². The maximum absolute atomic E-state index is 10.8. The van der Waals surface area contributed by atoms with E-state index in [1.807, 2.05) is 82.8 Å². The Morgan fingerprint density at radius 1 is 0.585 bits per heavy atom. The SMILES string of the molecule is CCO[Si](CCCSSSSCCC[Si](OCC)(OCC)OCC)(OCC)OCC.O=C1OC(=O)c2ccccc21. The minimum absolute atomic E-state index is 0.359. The molecule has 41 heavy (non-hydrogen) atoms. The molecule has 9 nitrogen and oxygen atoms in total. The van der Waals surface area contributed by atoms with Crippen LogP contribution in [0.3, 0.4) is 0 Å². The fourth-order valence-corrected chi connectivity index (χ4v) is 15.7. The molecule has 236 valence electrons. The van der Waals surface area contributed by atoms with Gasteiger partial charge in [-0.1, -0.05) is 33.7 Å². The van der Waals surface area contributed by atoms with Gasteiger partial charge in [0.25, 0.3) is 0 Å². The highest BCUT2D eigenvalue weighted by Gasteiger charge is 2.40. The lowest BCUT2D eigenvalue weighted by Gasteiger charge is -2.28. The number of fused-ring (bicyclic) bond motifs is 1. The van der Waals surface area contributed by atoms with Gasteiger partial charge in [-0.2, -0.15) is 0 Å². The Balaban J connectivity index is 0.000000622. The van der Waals surface area contributed by atoms with Gasteiger partial charge in [-0.25, -0.2) is 9.59 Å². The summed E-state index contributed by atoms with van der Waals surface area (Å²) in [6, 6.07) is 8.29. The lowest BCUT2D eigenvalue weighted by molar-refractivity contribution is 0.0442. The zero-order chi connectivity index (χ0) is 30.4. The van der Waals surface area contributed by atoms with Gasteiger partial charge in [0.15, 0.2) is 0 Å². The number of hydrogen-bond donors (Lipinski definition) is 0. The van der Waals surface area contributed by atoms with Crippen molar-refractivity contribution in [2.45, 2.75) is 66.5 Å². The number of rotatable bonds is 23. The third-order valence-corrected chi connectivity index (χ3v) is 18.2. The molecule has 0 amide bonds. The van der Waals surface area contributed by atoms with Crippen LogP contribution in [0.15, 0.2) is 24.3 Å². The van der Waals surface area contributed by atoms with Gasteiger partial charge in [-0.3, -0.25) is 0 Å². The first-order valence-electron chi connectivity index (χ1n) is 14.1. The summed E-state index contributed by atoms with van der Waals surface area (Å²) >= 11 is 0. The number of benzene rings is 1. The highest BCUT2D eigenvalue weighted by atomic mass is 33.7. The van der Waals surface area contributed by atoms with Crippen molar-refractivity contribution < 1.29 is 40.9 Å². The first kappa shape index (κ1) is 39.0. The first-order valence-corrected chi connectivity index (χ1v) is 23.1. The summed E-state index contributed by atoms with van der Waals surface area (Å²) < 4.78 is 39.8. The maximum atomic E-state index is 10.8. The van der Waals surface area contributed by atoms with E-state index in [2.05, 4.69) is 4.74 Å². The predicted octanol–water partition coefficient (Wildman–Crippen LogP) is 7.54. The van der Waals surface area contributed by atoms with Crippen LogP contribution in [0.1, 0.15) is 75.1 Å². The maximum Gasteiger partial charge on any atom is 0.500 e. The Kier molecular flexibility index (Phi) is 22.2. The number of carbonyl (C=O) groups is 2. The molecule has 1 heterocycles. The van der Waals surface area contributed by atoms with E-state index >= 15 is 0 Å². The molecule has 0 saturated heterocycles. The molecular formula is C26H46O9S4Si2. The molecule has 1 aliphatic heterocycles. The third-order valence-electron chi connectivity index (χ3n) is 5.28. The largest absolute Gasteiger partial charge is 0.500 e. The van der Waals surface area contributed by atoms with E-state index in [0.717, 1.165) is 36.4 Å². The molecule has 0 N–H and O–H groups in total. The van der Waals surface area contributed by atoms with Crippen LogP contribution in [-0.4, -0.2) is 80.7 Å². The third kappa shape index (κ3) is 15.0. The average Bonchev–Trinajstić information content (AvgIpc) is 3.24. The van der Waals surface area contributed by atoms with Crippen molar-refractivity contribution in [2.75, 3.05) is 51.1 Å². The Morgan fingerprint density at radius 3 is 1.20 bits per heavy atom. The summed E-state index contributed by atoms with van der Waals surface area (Å²) in [6.45, 7) is 15.8. The van der Waals surface area contributed by atoms with Crippen LogP contribution >= 0.6 is 41.2 Å². The zero-order valence-electron chi connectivity index (χ0n) is 25.1. The predicted molar refractivity (Wildman–Crippen MR) is 176 cm³/mol. The van der Waals surface area contributed by atoms with E-state index in [-0.39, 0.29) is 0 Å². The van der Waals surface area contributed by atoms with Crippen LogP contribution in [-0.2, 0) is 31.3 Å². The number of carbonyl (C=O) groups excluding carboxylic acids is 2. The second-order valence-corrected chi connectivity index (χ2v) is 19.9. The molecular weight excluding hydrogens is 641 g/mol. The van der Waals surface area contributed by atoms with Gasteiger partial charge in [-0.05, 0) is 86.2 Å². The van der Waals surface area contributed by atoms with Crippen LogP contribution in [0.25, 0.3) is 0 Å². The number of esters is 2. The summed E-state index contributed by atoms with van der Waals surface area (Å²) in [5.74, 6) is 1.03. The topological polar surface area (TPSA) is 98.8 Å². The van der Waals surface area contributed by atoms with Gasteiger partial charge in [0, 0.05) is 63.2 Å². The van der Waals surface area contributed by atoms with Gasteiger partial charge in [0.1, 0.15) is 0 Å². The second-order valence-electron chi connectivity index (χ2n) is 8.17. The molecule has 1 aromatic carbocycles. The van der Waals surface area contributed by atoms with Crippen molar-refractivity contribution in [2.24, 2.45) is 0 Å². The molecule has 0 aromatic heterocycles. The van der Waals surface area contributed by atoms with Crippen LogP contribution in [0.4, 0.5) is 0 Å². The van der Waals surface area contributed by atoms with Gasteiger partial charge in [0.05, 0.1) is 11.1 Å². The molecule has 1 aliphatic rings. The van der Waals surface area contributed by atoms with Crippen LogP contribution in [0, 0.1) is 0 Å². The summed E-state index contributed by atoms with van der Waals surface area (Å²) in [5.41, 5.74) is 0.718. The average molecular weight is 687 g/mol. The highest BCUT2D eigenvalue weighted by Crippen LogP contribution is 2.44. The second kappa shape index (κ2) is 23.4. The van der Waals surface area contributed by atoms with Crippen LogP contribution in [0.5, 0.6) is 0 Å². The molecule has 2 rings (SSSR count). The summed E-state index contributed by atoms with van der Waals surface area (Å²) in [6.07, 6.45) is 2.08. The summed E-state index contributed by atoms with van der Waals surface area (Å²) in [5, 5.41) is 0. The number of cyclic esters (lactones) is 2. The molecule has 0 fully saturated rings. The van der Waals surface area contributed by atoms with Gasteiger partial charge < -0.3 is 31.3 Å². The Bertz CT molecular complexity index is 769. The molecule has 0 saturated carbocycles. The van der Waals surface area contributed by atoms with E-state index in [4.69, 9.17) is 26.6 Å². The van der Waals surface area contributed by atoms with Gasteiger partial charge in [-0.15, -0.1) is 0 Å². The van der Waals surface area contributed by atoms with E-state index in [1.54, 1.807) is 24.3 Å². The van der Waals surface area contributed by atoms with Crippen molar-refractivity contribution in [1.29, 1.82) is 0 Å². The molecule has 0 aliphatic carbocycles. The van der Waals surface area contributed by atoms with Crippen molar-refractivity contribution >= 4 is 70.8 Å². The smallest absolute Gasteiger partial charge is 0.386 e. The lowest BCUT2D eigenvalue weighted by atomic mass is 10.1. The summed E-state index contributed by atoms with van der Waals surface area (Å²) in [4.78, 5) is 21.7. The van der Waals surface area contributed by atoms with Gasteiger partial charge in [0.2, 0.25) is 0 Å². The molecule has 1 aromatic rings. The fraction of sp³-hybridized carbons (Fsp3) is 0.692. The number of ether oxygens (including phenoxy) is 1. The molecule has 0 radical (unpaired) electrons. The minimum atomic E-state index is -2.49. The standard InChI is InChI=1S/C18H42O6S4Si2.C8H4O3/c1-7-19-29(20-8-2,21-9-3)17-13-15-25-27-28-26-16-14-18-30(22-10-4,23-11-5)24-12-6;9-7-5-3-1-2-4-6(5)8(10)11-7/h7-18H2,1-6H3;1-4H. The molecule has 15 heteroatoms. The Labute approximate surface area is 263 Å². The summed E-state index contributed by atoms with van der Waals surface area (Å²) in [7, 11) is 2.48. The highest BCUT2D eigenvalue weighted by molar-refractivity contribution is 9.26. The molecule has 0 atom stereocenters. The monoisotopic (exact) mass is 686 g/mol. The normalized spacial score (nSPS) is 13.1. The zero-order valence-corrected chi connectivity index (χ0v) is 30.4. The molecule has 0 bridgehead atoms. The number of hydrogen-bond acceptors (Lipinski definition) is 13. The van der Waals surface area contributed by atoms with Crippen molar-refractivity contribution in [1.82, 2.24) is 0 Å². The van der Waals surface area contributed by atoms with Crippen LogP contribution < -0.4 is 0 Å². The molecule has 0 unspecified atom stereocenters. The Morgan fingerprint density at radius 2 is 0.902 bits per heavy atom. The molecule has 0 spiro atoms.